The highest BCUT2D eigenvalue weighted by Gasteiger charge is 2.45. The number of benzene rings is 3. The molecule has 4 fully saturated rings. The van der Waals surface area contributed by atoms with Crippen LogP contribution in [0.3, 0.4) is 0 Å². The molecule has 0 radical (unpaired) electrons. The molecule has 3 N–H and O–H groups in total. The van der Waals surface area contributed by atoms with Gasteiger partial charge in [-0.2, -0.15) is 4.98 Å². The number of anilines is 6. The smallest absolute Gasteiger partial charge is 0.262 e. The van der Waals surface area contributed by atoms with E-state index >= 15 is 0 Å². The lowest BCUT2D eigenvalue weighted by molar-refractivity contribution is -0.136. The van der Waals surface area contributed by atoms with Crippen LogP contribution in [0.25, 0.3) is 0 Å². The summed E-state index contributed by atoms with van der Waals surface area (Å²) in [6.45, 7) is 12.4. The molecule has 5 aliphatic rings. The van der Waals surface area contributed by atoms with Gasteiger partial charge in [0.15, 0.2) is 5.82 Å². The molecule has 4 saturated heterocycles. The Bertz CT molecular complexity index is 2530. The molecule has 65 heavy (non-hydrogen) atoms. The fourth-order valence-corrected chi connectivity index (χ4v) is 11.3. The van der Waals surface area contributed by atoms with Crippen molar-refractivity contribution in [3.8, 4) is 5.75 Å². The Morgan fingerprint density at radius 1 is 0.785 bits per heavy atom. The number of piperidine rings is 3. The van der Waals surface area contributed by atoms with Crippen LogP contribution in [0.1, 0.15) is 59.2 Å². The van der Waals surface area contributed by atoms with Gasteiger partial charge >= 0.3 is 0 Å². The first-order chi connectivity index (χ1) is 31.3. The Labute approximate surface area is 384 Å². The summed E-state index contributed by atoms with van der Waals surface area (Å²) in [5.41, 5.74) is 4.07. The number of aromatic nitrogens is 2. The second kappa shape index (κ2) is 18.7. The summed E-state index contributed by atoms with van der Waals surface area (Å²) in [5, 5.41) is 9.86. The maximum Gasteiger partial charge on any atom is 0.262 e. The summed E-state index contributed by atoms with van der Waals surface area (Å²) in [6.07, 6.45) is 6.23. The van der Waals surface area contributed by atoms with Crippen molar-refractivity contribution in [3.63, 3.8) is 0 Å². The molecule has 18 heteroatoms. The molecule has 0 aliphatic carbocycles. The van der Waals surface area contributed by atoms with Crippen LogP contribution in [-0.4, -0.2) is 140 Å². The van der Waals surface area contributed by atoms with Gasteiger partial charge in [-0.15, -0.1) is 0 Å². The van der Waals surface area contributed by atoms with Crippen molar-refractivity contribution in [2.24, 2.45) is 5.92 Å². The second-order valence-electron chi connectivity index (χ2n) is 18.1. The highest BCUT2D eigenvalue weighted by molar-refractivity contribution is 7.70. The van der Waals surface area contributed by atoms with Gasteiger partial charge in [-0.1, -0.05) is 23.7 Å². The van der Waals surface area contributed by atoms with Crippen LogP contribution in [0.2, 0.25) is 5.02 Å². The Hall–Kier alpha value is -5.54. The number of imide groups is 2. The fraction of sp³-hybridized carbons (Fsp3) is 0.447. The number of hydrogen-bond acceptors (Lipinski definition) is 14. The molecule has 5 aliphatic heterocycles. The highest BCUT2D eigenvalue weighted by Crippen LogP contribution is 2.39. The molecule has 0 saturated carbocycles. The van der Waals surface area contributed by atoms with E-state index in [1.165, 1.54) is 19.0 Å². The SMILES string of the molecule is COc1cc(N2CCN(C3CCN(CC4CCN(c5ccc6c(c5)C(=O)N(C5CCC(=O)NC5=O)C6=O)CC4)CC3)CC2)ccc1Nc1ncc(Cl)c(Nc2ccccc2P(C)(C)=O)n1. The van der Waals surface area contributed by atoms with Crippen molar-refractivity contribution in [3.05, 3.63) is 83.0 Å². The average molecular weight is 923 g/mol. The molecular weight excluding hydrogens is 867 g/mol. The number of piperazine rings is 1. The molecule has 6 heterocycles. The summed E-state index contributed by atoms with van der Waals surface area (Å²) in [4.78, 5) is 70.8. The van der Waals surface area contributed by atoms with E-state index in [2.05, 4.69) is 57.7 Å². The van der Waals surface area contributed by atoms with Crippen molar-refractivity contribution >= 4 is 82.2 Å². The molecule has 16 nitrogen and oxygen atoms in total. The van der Waals surface area contributed by atoms with Crippen molar-refractivity contribution < 1.29 is 28.5 Å². The van der Waals surface area contributed by atoms with E-state index < -0.39 is 30.9 Å². The maximum absolute atomic E-state index is 13.4. The molecule has 0 bridgehead atoms. The van der Waals surface area contributed by atoms with Crippen LogP contribution in [0.5, 0.6) is 5.75 Å². The number of amides is 4. The quantitative estimate of drug-likeness (QED) is 0.115. The first-order valence-corrected chi connectivity index (χ1v) is 25.5. The number of nitrogens with zero attached hydrogens (tertiary/aromatic N) is 7. The van der Waals surface area contributed by atoms with Gasteiger partial charge in [0.1, 0.15) is 24.0 Å². The largest absolute Gasteiger partial charge is 0.494 e. The molecule has 342 valence electrons. The maximum atomic E-state index is 13.4. The number of hydrogen-bond donors (Lipinski definition) is 3. The molecule has 4 amide bonds. The normalized spacial score (nSPS) is 20.6. The third-order valence-corrected chi connectivity index (χ3v) is 15.4. The van der Waals surface area contributed by atoms with Crippen molar-refractivity contribution in [2.45, 2.75) is 50.6 Å². The summed E-state index contributed by atoms with van der Waals surface area (Å²) in [5.74, 6) is 0.101. The predicted octanol–water partition coefficient (Wildman–Crippen LogP) is 5.78. The minimum Gasteiger partial charge on any atom is -0.494 e. The molecule has 0 spiro atoms. The summed E-state index contributed by atoms with van der Waals surface area (Å²) in [6, 6.07) is 18.6. The number of carbonyl (C=O) groups is 4. The van der Waals surface area contributed by atoms with Crippen LogP contribution in [0.4, 0.5) is 34.5 Å². The van der Waals surface area contributed by atoms with E-state index in [0.29, 0.717) is 51.3 Å². The fourth-order valence-electron chi connectivity index (χ4n) is 10.00. The molecule has 3 aromatic carbocycles. The topological polar surface area (TPSA) is 173 Å². The van der Waals surface area contributed by atoms with E-state index in [0.717, 1.165) is 99.0 Å². The van der Waals surface area contributed by atoms with Gasteiger partial charge in [-0.25, -0.2) is 4.98 Å². The summed E-state index contributed by atoms with van der Waals surface area (Å²) in [7, 11) is -0.895. The average Bonchev–Trinajstić information content (AvgIpc) is 3.55. The Kier molecular flexibility index (Phi) is 12.9. The molecular formula is C47H56ClN10O6P. The van der Waals surface area contributed by atoms with Gasteiger partial charge in [-0.3, -0.25) is 34.3 Å². The molecule has 4 aromatic rings. The number of methoxy groups -OCH3 is 1. The lowest BCUT2D eigenvalue weighted by atomic mass is 9.93. The van der Waals surface area contributed by atoms with Gasteiger partial charge < -0.3 is 34.6 Å². The molecule has 1 unspecified atom stereocenters. The van der Waals surface area contributed by atoms with Crippen molar-refractivity contribution in [1.82, 2.24) is 30.0 Å². The van der Waals surface area contributed by atoms with Crippen molar-refractivity contribution in [2.75, 3.05) is 99.8 Å². The van der Waals surface area contributed by atoms with Crippen LogP contribution >= 0.6 is 18.7 Å². The Morgan fingerprint density at radius 3 is 2.20 bits per heavy atom. The molecule has 1 aromatic heterocycles. The zero-order valence-electron chi connectivity index (χ0n) is 37.1. The number of halogens is 1. The highest BCUT2D eigenvalue weighted by atomic mass is 35.5. The van der Waals surface area contributed by atoms with Gasteiger partial charge in [0, 0.05) is 81.0 Å². The number of rotatable bonds is 12. The van der Waals surface area contributed by atoms with E-state index in [1.807, 2.05) is 36.4 Å². The monoisotopic (exact) mass is 922 g/mol. The lowest BCUT2D eigenvalue weighted by Crippen LogP contribution is -2.54. The number of ether oxygens (including phenoxy) is 1. The minimum atomic E-state index is -2.55. The third-order valence-electron chi connectivity index (χ3n) is 13.6. The lowest BCUT2D eigenvalue weighted by Gasteiger charge is -2.44. The Balaban J connectivity index is 0.724. The number of fused-ring (bicyclic) bond motifs is 1. The van der Waals surface area contributed by atoms with Crippen LogP contribution in [0.15, 0.2) is 66.9 Å². The number of carbonyl (C=O) groups excluding carboxylic acids is 4. The van der Waals surface area contributed by atoms with Crippen LogP contribution in [0, 0.1) is 5.92 Å². The zero-order chi connectivity index (χ0) is 45.4. The molecule has 9 rings (SSSR count). The summed E-state index contributed by atoms with van der Waals surface area (Å²) >= 11 is 6.50. The van der Waals surface area contributed by atoms with Crippen molar-refractivity contribution in [1.29, 1.82) is 0 Å². The molecule has 1 atom stereocenters. The van der Waals surface area contributed by atoms with E-state index in [-0.39, 0.29) is 18.7 Å². The van der Waals surface area contributed by atoms with Gasteiger partial charge in [-0.05, 0) is 107 Å². The number of para-hydroxylation sites is 1. The summed E-state index contributed by atoms with van der Waals surface area (Å²) < 4.78 is 18.8. The van der Waals surface area contributed by atoms with Crippen LogP contribution in [-0.2, 0) is 14.2 Å². The minimum absolute atomic E-state index is 0.0992. The van der Waals surface area contributed by atoms with Crippen LogP contribution < -0.4 is 35.8 Å². The zero-order valence-corrected chi connectivity index (χ0v) is 38.7. The third kappa shape index (κ3) is 9.58. The standard InChI is InChI=1S/C47H56ClN10O6P/c1-64-40-27-33(9-11-37(40)51-47-49-28-36(48)43(53-47)50-38-6-4-5-7-41(38)65(2,3)63)57-24-22-56(23-25-57)31-16-18-54(19-17-31)29-30-14-20-55(21-15-30)32-8-10-34-35(26-32)46(62)58(45(34)61)39-12-13-42(59)52-44(39)60/h4-11,26-28,30-31,39H,12-25,29H2,1-3H3,(H,52,59,60)(H2,49,50,51,53). The predicted molar refractivity (Wildman–Crippen MR) is 253 cm³/mol. The van der Waals surface area contributed by atoms with Gasteiger partial charge in [0.25, 0.3) is 11.8 Å². The number of nitrogens with one attached hydrogen (secondary N) is 3. The van der Waals surface area contributed by atoms with E-state index in [1.54, 1.807) is 32.6 Å². The van der Waals surface area contributed by atoms with E-state index in [9.17, 15) is 23.7 Å². The Morgan fingerprint density at radius 2 is 1.48 bits per heavy atom. The van der Waals surface area contributed by atoms with Gasteiger partial charge in [0.05, 0.1) is 35.8 Å². The number of likely N-dealkylation sites (tertiary alicyclic amines) is 1. The second-order valence-corrected chi connectivity index (χ2v) is 21.6. The van der Waals surface area contributed by atoms with Gasteiger partial charge in [0.2, 0.25) is 17.8 Å². The van der Waals surface area contributed by atoms with E-state index in [4.69, 9.17) is 16.3 Å². The first kappa shape index (κ1) is 44.7. The first-order valence-electron chi connectivity index (χ1n) is 22.5.